The van der Waals surface area contributed by atoms with Crippen LogP contribution in [0.1, 0.15) is 67.2 Å². The Hall–Kier alpha value is -0.420. The maximum atomic E-state index is 9.59. The minimum absolute atomic E-state index is 0.124. The molecule has 3 N–H and O–H groups in total. The first kappa shape index (κ1) is 23.6. The van der Waals surface area contributed by atoms with E-state index in [4.69, 9.17) is 10.2 Å². The summed E-state index contributed by atoms with van der Waals surface area (Å²) in [5.74, 6) is 0. The molecule has 0 aliphatic carbocycles. The van der Waals surface area contributed by atoms with Crippen LogP contribution in [0.3, 0.4) is 0 Å². The van der Waals surface area contributed by atoms with Gasteiger partial charge in [0.2, 0.25) is 0 Å². The Morgan fingerprint density at radius 2 is 1.54 bits per heavy atom. The largest absolute Gasteiger partial charge is 0.395 e. The van der Waals surface area contributed by atoms with Crippen molar-refractivity contribution in [2.24, 2.45) is 10.8 Å². The van der Waals surface area contributed by atoms with Crippen LogP contribution in [0, 0.1) is 10.8 Å². The lowest BCUT2D eigenvalue weighted by Gasteiger charge is -2.30. The molecular formula is C20H41NO3. The highest BCUT2D eigenvalue weighted by atomic mass is 16.3. The normalized spacial score (nSPS) is 15.2. The molecule has 24 heavy (non-hydrogen) atoms. The summed E-state index contributed by atoms with van der Waals surface area (Å²) in [6, 6.07) is 0. The topological polar surface area (TPSA) is 63.9 Å². The Balaban J connectivity index is 4.48. The van der Waals surface area contributed by atoms with E-state index in [1.54, 1.807) is 0 Å². The average Bonchev–Trinajstić information content (AvgIpc) is 2.41. The van der Waals surface area contributed by atoms with Gasteiger partial charge in [0.25, 0.3) is 0 Å². The number of aliphatic hydroxyl groups is 3. The second-order valence-corrected chi connectivity index (χ2v) is 8.85. The van der Waals surface area contributed by atoms with Gasteiger partial charge in [-0.1, -0.05) is 39.3 Å². The van der Waals surface area contributed by atoms with Gasteiger partial charge in [-0.2, -0.15) is 0 Å². The number of hydrogen-bond acceptors (Lipinski definition) is 4. The molecule has 0 saturated heterocycles. The zero-order valence-corrected chi connectivity index (χ0v) is 16.8. The van der Waals surface area contributed by atoms with Crippen LogP contribution in [-0.2, 0) is 0 Å². The van der Waals surface area contributed by atoms with Crippen molar-refractivity contribution in [1.82, 2.24) is 4.90 Å². The van der Waals surface area contributed by atoms with E-state index in [1.165, 1.54) is 5.57 Å². The van der Waals surface area contributed by atoms with Crippen molar-refractivity contribution < 1.29 is 15.3 Å². The predicted octanol–water partition coefficient (Wildman–Crippen LogP) is 3.21. The van der Waals surface area contributed by atoms with Gasteiger partial charge in [0.1, 0.15) is 0 Å². The quantitative estimate of drug-likeness (QED) is 0.449. The Bertz CT molecular complexity index is 356. The highest BCUT2D eigenvalue weighted by molar-refractivity contribution is 5.03. The first-order chi connectivity index (χ1) is 11.0. The van der Waals surface area contributed by atoms with Crippen molar-refractivity contribution in [3.8, 4) is 0 Å². The molecule has 4 nitrogen and oxygen atoms in total. The van der Waals surface area contributed by atoms with Gasteiger partial charge in [0.05, 0.1) is 19.3 Å². The molecule has 0 fully saturated rings. The summed E-state index contributed by atoms with van der Waals surface area (Å²) in [7, 11) is 0. The molecule has 0 aromatic rings. The van der Waals surface area contributed by atoms with Crippen LogP contribution >= 0.6 is 0 Å². The number of rotatable bonds is 13. The molecule has 1 atom stereocenters. The standard InChI is InChI=1S/C20H41NO3/c1-17(7-8-19(3,4)16-18(2)24)15-20(5,6)9-10-21(11-13-22)12-14-23/h7,18,22-24H,8-16H2,1-6H3/b17-7-. The molecule has 0 bridgehead atoms. The van der Waals surface area contributed by atoms with Crippen LogP contribution in [0.4, 0.5) is 0 Å². The summed E-state index contributed by atoms with van der Waals surface area (Å²) in [6.07, 6.45) is 5.95. The minimum Gasteiger partial charge on any atom is -0.395 e. The highest BCUT2D eigenvalue weighted by Crippen LogP contribution is 2.32. The Kier molecular flexibility index (Phi) is 11.0. The number of aliphatic hydroxyl groups excluding tert-OH is 3. The molecule has 0 aromatic heterocycles. The fraction of sp³-hybridized carbons (Fsp3) is 0.900. The fourth-order valence-corrected chi connectivity index (χ4v) is 3.33. The molecule has 0 radical (unpaired) electrons. The smallest absolute Gasteiger partial charge is 0.0558 e. The Morgan fingerprint density at radius 3 is 2.00 bits per heavy atom. The van der Waals surface area contributed by atoms with Gasteiger partial charge < -0.3 is 15.3 Å². The maximum Gasteiger partial charge on any atom is 0.0558 e. The van der Waals surface area contributed by atoms with E-state index >= 15 is 0 Å². The lowest BCUT2D eigenvalue weighted by molar-refractivity contribution is 0.130. The maximum absolute atomic E-state index is 9.59. The van der Waals surface area contributed by atoms with Crippen molar-refractivity contribution in [2.45, 2.75) is 73.3 Å². The molecule has 0 aromatic carbocycles. The van der Waals surface area contributed by atoms with E-state index < -0.39 is 0 Å². The van der Waals surface area contributed by atoms with Crippen LogP contribution in [0.15, 0.2) is 11.6 Å². The van der Waals surface area contributed by atoms with Gasteiger partial charge in [-0.05, 0) is 56.9 Å². The number of allylic oxidation sites excluding steroid dienone is 2. The molecule has 1 unspecified atom stereocenters. The number of nitrogens with zero attached hydrogens (tertiary/aromatic N) is 1. The third kappa shape index (κ3) is 12.0. The lowest BCUT2D eigenvalue weighted by atomic mass is 9.80. The molecule has 0 saturated carbocycles. The third-order valence-electron chi connectivity index (χ3n) is 4.55. The SMILES string of the molecule is C/C(=C/CC(C)(C)CC(C)O)CC(C)(C)CCN(CCO)CCO. The van der Waals surface area contributed by atoms with Crippen molar-refractivity contribution in [2.75, 3.05) is 32.8 Å². The summed E-state index contributed by atoms with van der Waals surface area (Å²) in [5, 5.41) is 27.8. The van der Waals surface area contributed by atoms with Crippen LogP contribution in [0.25, 0.3) is 0 Å². The minimum atomic E-state index is -0.255. The third-order valence-corrected chi connectivity index (χ3v) is 4.55. The van der Waals surface area contributed by atoms with Gasteiger partial charge >= 0.3 is 0 Å². The summed E-state index contributed by atoms with van der Waals surface area (Å²) in [5.41, 5.74) is 1.71. The predicted molar refractivity (Wildman–Crippen MR) is 102 cm³/mol. The Labute approximate surface area is 149 Å². The molecule has 0 aliphatic heterocycles. The Morgan fingerprint density at radius 1 is 1.00 bits per heavy atom. The van der Waals surface area contributed by atoms with Crippen molar-refractivity contribution in [3.63, 3.8) is 0 Å². The van der Waals surface area contributed by atoms with Crippen LogP contribution in [-0.4, -0.2) is 59.2 Å². The molecule has 0 aliphatic rings. The van der Waals surface area contributed by atoms with Crippen molar-refractivity contribution in [1.29, 1.82) is 0 Å². The van der Waals surface area contributed by atoms with E-state index in [2.05, 4.69) is 45.6 Å². The van der Waals surface area contributed by atoms with Crippen LogP contribution < -0.4 is 0 Å². The molecular weight excluding hydrogens is 302 g/mol. The van der Waals surface area contributed by atoms with E-state index in [9.17, 15) is 5.11 Å². The lowest BCUT2D eigenvalue weighted by Crippen LogP contribution is -2.33. The molecule has 144 valence electrons. The van der Waals surface area contributed by atoms with Crippen molar-refractivity contribution in [3.05, 3.63) is 11.6 Å². The second-order valence-electron chi connectivity index (χ2n) is 8.85. The zero-order chi connectivity index (χ0) is 18.8. The van der Waals surface area contributed by atoms with E-state index in [0.29, 0.717) is 13.1 Å². The first-order valence-electron chi connectivity index (χ1n) is 9.29. The summed E-state index contributed by atoms with van der Waals surface area (Å²) in [4.78, 5) is 2.12. The highest BCUT2D eigenvalue weighted by Gasteiger charge is 2.22. The summed E-state index contributed by atoms with van der Waals surface area (Å²) < 4.78 is 0. The summed E-state index contributed by atoms with van der Waals surface area (Å²) >= 11 is 0. The zero-order valence-electron chi connectivity index (χ0n) is 16.8. The van der Waals surface area contributed by atoms with Crippen LogP contribution in [0.2, 0.25) is 0 Å². The van der Waals surface area contributed by atoms with E-state index in [1.807, 2.05) is 6.92 Å². The van der Waals surface area contributed by atoms with E-state index in [-0.39, 0.29) is 30.1 Å². The average molecular weight is 344 g/mol. The molecule has 0 amide bonds. The van der Waals surface area contributed by atoms with Crippen LogP contribution in [0.5, 0.6) is 0 Å². The van der Waals surface area contributed by atoms with Gasteiger partial charge in [-0.25, -0.2) is 0 Å². The second kappa shape index (κ2) is 11.2. The van der Waals surface area contributed by atoms with Gasteiger partial charge in [-0.15, -0.1) is 0 Å². The van der Waals surface area contributed by atoms with Gasteiger partial charge in [0.15, 0.2) is 0 Å². The van der Waals surface area contributed by atoms with E-state index in [0.717, 1.165) is 32.2 Å². The first-order valence-corrected chi connectivity index (χ1v) is 9.29. The monoisotopic (exact) mass is 343 g/mol. The molecule has 0 spiro atoms. The van der Waals surface area contributed by atoms with Crippen molar-refractivity contribution >= 4 is 0 Å². The number of hydrogen-bond donors (Lipinski definition) is 3. The molecule has 0 heterocycles. The van der Waals surface area contributed by atoms with Gasteiger partial charge in [-0.3, -0.25) is 4.90 Å². The fourth-order valence-electron chi connectivity index (χ4n) is 3.33. The molecule has 0 rings (SSSR count). The van der Waals surface area contributed by atoms with Gasteiger partial charge in [0, 0.05) is 13.1 Å². The summed E-state index contributed by atoms with van der Waals surface area (Å²) in [6.45, 7) is 15.4. The molecule has 4 heteroatoms.